The molecule has 2 N–H and O–H groups in total. The van der Waals surface area contributed by atoms with Gasteiger partial charge in [-0.25, -0.2) is 0 Å². The highest BCUT2D eigenvalue weighted by Gasteiger charge is 2.15. The van der Waals surface area contributed by atoms with Gasteiger partial charge in [-0.05, 0) is 18.6 Å². The van der Waals surface area contributed by atoms with Crippen LogP contribution < -0.4 is 24.8 Å². The first-order chi connectivity index (χ1) is 12.5. The molecule has 0 radical (unpaired) electrons. The van der Waals surface area contributed by atoms with Gasteiger partial charge in [-0.3, -0.25) is 4.79 Å². The Morgan fingerprint density at radius 2 is 1.69 bits per heavy atom. The lowest BCUT2D eigenvalue weighted by Crippen LogP contribution is -2.30. The minimum absolute atomic E-state index is 0.0608. The molecule has 140 valence electrons. The number of amides is 1. The predicted molar refractivity (Wildman–Crippen MR) is 103 cm³/mol. The van der Waals surface area contributed by atoms with Crippen LogP contribution in [0.2, 0.25) is 5.02 Å². The molecule has 1 amide bonds. The maximum absolute atomic E-state index is 12.3. The van der Waals surface area contributed by atoms with Crippen molar-refractivity contribution in [1.29, 1.82) is 0 Å². The van der Waals surface area contributed by atoms with Gasteiger partial charge in [0.2, 0.25) is 11.7 Å². The van der Waals surface area contributed by atoms with E-state index in [1.165, 1.54) is 21.3 Å². The Morgan fingerprint density at radius 3 is 2.23 bits per heavy atom. The van der Waals surface area contributed by atoms with Gasteiger partial charge in [0.1, 0.15) is 0 Å². The minimum Gasteiger partial charge on any atom is -0.493 e. The number of halogens is 1. The normalized spacial score (nSPS) is 11.6. The molecule has 0 aliphatic carbocycles. The predicted octanol–water partition coefficient (Wildman–Crippen LogP) is 3.66. The first-order valence-electron chi connectivity index (χ1n) is 8.07. The monoisotopic (exact) mass is 378 g/mol. The average molecular weight is 379 g/mol. The van der Waals surface area contributed by atoms with Crippen molar-refractivity contribution in [1.82, 2.24) is 5.32 Å². The number of nitrogens with one attached hydrogen (secondary N) is 2. The summed E-state index contributed by atoms with van der Waals surface area (Å²) in [5.74, 6) is 1.22. The number of hydrogen-bond acceptors (Lipinski definition) is 5. The Morgan fingerprint density at radius 1 is 1.08 bits per heavy atom. The molecule has 0 spiro atoms. The van der Waals surface area contributed by atoms with Crippen LogP contribution >= 0.6 is 11.6 Å². The molecule has 0 saturated carbocycles. The summed E-state index contributed by atoms with van der Waals surface area (Å²) in [6, 6.07) is 10.8. The quantitative estimate of drug-likeness (QED) is 0.733. The molecule has 0 saturated heterocycles. The third-order valence-electron chi connectivity index (χ3n) is 3.89. The zero-order valence-corrected chi connectivity index (χ0v) is 16.0. The largest absolute Gasteiger partial charge is 0.493 e. The molecular weight excluding hydrogens is 356 g/mol. The van der Waals surface area contributed by atoms with Crippen LogP contribution in [0.5, 0.6) is 17.2 Å². The molecule has 2 aromatic rings. The van der Waals surface area contributed by atoms with Crippen LogP contribution in [0.25, 0.3) is 0 Å². The summed E-state index contributed by atoms with van der Waals surface area (Å²) in [6.07, 6.45) is 0. The summed E-state index contributed by atoms with van der Waals surface area (Å²) in [6.45, 7) is 2.08. The Hall–Kier alpha value is -2.44. The van der Waals surface area contributed by atoms with Crippen molar-refractivity contribution in [2.45, 2.75) is 13.0 Å². The SMILES string of the molecule is COc1cc(NC(=O)CNC(C)c2ccccc2Cl)cc(OC)c1OC. The Bertz CT molecular complexity index is 742. The van der Waals surface area contributed by atoms with Gasteiger partial charge in [0.15, 0.2) is 11.5 Å². The highest BCUT2D eigenvalue weighted by Crippen LogP contribution is 2.39. The summed E-state index contributed by atoms with van der Waals surface area (Å²) in [4.78, 5) is 12.3. The molecule has 2 aromatic carbocycles. The lowest BCUT2D eigenvalue weighted by Gasteiger charge is -2.17. The van der Waals surface area contributed by atoms with Gasteiger partial charge in [0.25, 0.3) is 0 Å². The molecule has 0 aliphatic heterocycles. The topological polar surface area (TPSA) is 68.8 Å². The molecule has 6 nitrogen and oxygen atoms in total. The highest BCUT2D eigenvalue weighted by atomic mass is 35.5. The second-order valence-electron chi connectivity index (χ2n) is 5.59. The second-order valence-corrected chi connectivity index (χ2v) is 5.99. The maximum Gasteiger partial charge on any atom is 0.238 e. The summed E-state index contributed by atoms with van der Waals surface area (Å²) in [5.41, 5.74) is 1.49. The van der Waals surface area contributed by atoms with E-state index in [2.05, 4.69) is 10.6 Å². The zero-order valence-electron chi connectivity index (χ0n) is 15.3. The van der Waals surface area contributed by atoms with E-state index in [-0.39, 0.29) is 18.5 Å². The third-order valence-corrected chi connectivity index (χ3v) is 4.23. The van der Waals surface area contributed by atoms with Crippen LogP contribution in [-0.2, 0) is 4.79 Å². The van der Waals surface area contributed by atoms with Crippen molar-refractivity contribution in [2.75, 3.05) is 33.2 Å². The van der Waals surface area contributed by atoms with Crippen LogP contribution in [0.15, 0.2) is 36.4 Å². The van der Waals surface area contributed by atoms with E-state index in [1.54, 1.807) is 12.1 Å². The zero-order chi connectivity index (χ0) is 19.1. The number of rotatable bonds is 8. The molecule has 0 aliphatic rings. The van der Waals surface area contributed by atoms with Gasteiger partial charge in [-0.15, -0.1) is 0 Å². The number of benzene rings is 2. The van der Waals surface area contributed by atoms with Crippen molar-refractivity contribution in [3.05, 3.63) is 47.0 Å². The summed E-state index contributed by atoms with van der Waals surface area (Å²) >= 11 is 6.18. The Labute approximate surface area is 158 Å². The Balaban J connectivity index is 2.02. The van der Waals surface area contributed by atoms with Crippen molar-refractivity contribution in [2.24, 2.45) is 0 Å². The van der Waals surface area contributed by atoms with E-state index in [0.29, 0.717) is 28.0 Å². The number of carbonyl (C=O) groups excluding carboxylic acids is 1. The first-order valence-corrected chi connectivity index (χ1v) is 8.45. The van der Waals surface area contributed by atoms with Gasteiger partial charge in [-0.1, -0.05) is 29.8 Å². The highest BCUT2D eigenvalue weighted by molar-refractivity contribution is 6.31. The molecule has 2 rings (SSSR count). The Kier molecular flexibility index (Phi) is 7.12. The van der Waals surface area contributed by atoms with E-state index >= 15 is 0 Å². The number of carbonyl (C=O) groups is 1. The molecular formula is C19H23ClN2O4. The van der Waals surface area contributed by atoms with Crippen LogP contribution in [0, 0.1) is 0 Å². The molecule has 7 heteroatoms. The maximum atomic E-state index is 12.3. The molecule has 0 aromatic heterocycles. The van der Waals surface area contributed by atoms with Gasteiger partial charge >= 0.3 is 0 Å². The van der Waals surface area contributed by atoms with Crippen LogP contribution in [0.1, 0.15) is 18.5 Å². The average Bonchev–Trinajstić information content (AvgIpc) is 2.65. The van der Waals surface area contributed by atoms with Gasteiger partial charge in [0.05, 0.1) is 27.9 Å². The standard InChI is InChI=1S/C19H23ClN2O4/c1-12(14-7-5-6-8-15(14)20)21-11-18(23)22-13-9-16(24-2)19(26-4)17(10-13)25-3/h5-10,12,21H,11H2,1-4H3,(H,22,23). The summed E-state index contributed by atoms with van der Waals surface area (Å²) in [5, 5.41) is 6.63. The van der Waals surface area contributed by atoms with Crippen molar-refractivity contribution in [3.63, 3.8) is 0 Å². The van der Waals surface area contributed by atoms with Crippen LogP contribution in [-0.4, -0.2) is 33.8 Å². The number of methoxy groups -OCH3 is 3. The van der Waals surface area contributed by atoms with Gasteiger partial charge in [0, 0.05) is 28.9 Å². The summed E-state index contributed by atoms with van der Waals surface area (Å²) < 4.78 is 15.8. The van der Waals surface area contributed by atoms with Gasteiger partial charge < -0.3 is 24.8 Å². The first kappa shape index (κ1) is 19.9. The molecule has 1 unspecified atom stereocenters. The van der Waals surface area contributed by atoms with E-state index in [1.807, 2.05) is 31.2 Å². The molecule has 26 heavy (non-hydrogen) atoms. The fraction of sp³-hybridized carbons (Fsp3) is 0.316. The molecule has 0 heterocycles. The molecule has 1 atom stereocenters. The number of ether oxygens (including phenoxy) is 3. The minimum atomic E-state index is -0.196. The fourth-order valence-corrected chi connectivity index (χ4v) is 2.84. The van der Waals surface area contributed by atoms with E-state index in [0.717, 1.165) is 5.56 Å². The van der Waals surface area contributed by atoms with Crippen LogP contribution in [0.3, 0.4) is 0 Å². The smallest absolute Gasteiger partial charge is 0.238 e. The molecule has 0 bridgehead atoms. The second kappa shape index (κ2) is 9.31. The van der Waals surface area contributed by atoms with Crippen molar-refractivity contribution in [3.8, 4) is 17.2 Å². The lowest BCUT2D eigenvalue weighted by molar-refractivity contribution is -0.115. The number of hydrogen-bond donors (Lipinski definition) is 2. The summed E-state index contributed by atoms with van der Waals surface area (Å²) in [7, 11) is 4.57. The molecule has 0 fully saturated rings. The third kappa shape index (κ3) is 4.80. The number of anilines is 1. The lowest BCUT2D eigenvalue weighted by atomic mass is 10.1. The van der Waals surface area contributed by atoms with E-state index < -0.39 is 0 Å². The van der Waals surface area contributed by atoms with Crippen molar-refractivity contribution >= 4 is 23.2 Å². The van der Waals surface area contributed by atoms with E-state index in [4.69, 9.17) is 25.8 Å². The van der Waals surface area contributed by atoms with Gasteiger partial charge in [-0.2, -0.15) is 0 Å². The van der Waals surface area contributed by atoms with Crippen molar-refractivity contribution < 1.29 is 19.0 Å². The fourth-order valence-electron chi connectivity index (χ4n) is 2.54. The van der Waals surface area contributed by atoms with Crippen LogP contribution in [0.4, 0.5) is 5.69 Å². The van der Waals surface area contributed by atoms with E-state index in [9.17, 15) is 4.79 Å².